The van der Waals surface area contributed by atoms with Crippen LogP contribution >= 0.6 is 0 Å². The molecular formula is C11H11NO2. The summed E-state index contributed by atoms with van der Waals surface area (Å²) in [4.78, 5) is 0. The first-order valence-corrected chi connectivity index (χ1v) is 4.12. The Bertz CT molecular complexity index is 366. The molecule has 0 spiro atoms. The van der Waals surface area contributed by atoms with Crippen LogP contribution in [0.4, 0.5) is 0 Å². The zero-order valence-electron chi connectivity index (χ0n) is 7.99. The molecule has 3 nitrogen and oxygen atoms in total. The predicted octanol–water partition coefficient (Wildman–Crippen LogP) is 2.24. The normalized spacial score (nSPS) is 8.86. The molecule has 0 aliphatic heterocycles. The molecule has 3 heteroatoms. The van der Waals surface area contributed by atoms with Crippen molar-refractivity contribution in [3.05, 3.63) is 30.3 Å². The molecule has 1 rings (SSSR count). The molecule has 0 N–H and O–H groups in total. The van der Waals surface area contributed by atoms with E-state index in [-0.39, 0.29) is 6.61 Å². The van der Waals surface area contributed by atoms with Crippen LogP contribution in [0.3, 0.4) is 0 Å². The van der Waals surface area contributed by atoms with Gasteiger partial charge in [0.15, 0.2) is 6.61 Å². The Morgan fingerprint density at radius 1 is 1.57 bits per heavy atom. The van der Waals surface area contributed by atoms with Gasteiger partial charge in [-0.1, -0.05) is 12.7 Å². The third-order valence-corrected chi connectivity index (χ3v) is 1.73. The highest BCUT2D eigenvalue weighted by molar-refractivity contribution is 5.57. The summed E-state index contributed by atoms with van der Waals surface area (Å²) in [6.45, 7) is 3.67. The maximum atomic E-state index is 8.39. The maximum absolute atomic E-state index is 8.39. The first-order chi connectivity index (χ1) is 6.81. The van der Waals surface area contributed by atoms with Crippen molar-refractivity contribution < 1.29 is 9.47 Å². The third-order valence-electron chi connectivity index (χ3n) is 1.73. The summed E-state index contributed by atoms with van der Waals surface area (Å²) in [5.74, 6) is 1.31. The van der Waals surface area contributed by atoms with Crippen LogP contribution in [-0.2, 0) is 0 Å². The van der Waals surface area contributed by atoms with E-state index in [2.05, 4.69) is 6.58 Å². The third kappa shape index (κ3) is 2.27. The monoisotopic (exact) mass is 189 g/mol. The minimum absolute atomic E-state index is 0.0218. The molecule has 14 heavy (non-hydrogen) atoms. The number of rotatable bonds is 4. The van der Waals surface area contributed by atoms with Gasteiger partial charge in [-0.3, -0.25) is 0 Å². The van der Waals surface area contributed by atoms with E-state index in [4.69, 9.17) is 14.7 Å². The molecule has 1 aromatic carbocycles. The van der Waals surface area contributed by atoms with Crippen LogP contribution in [0.25, 0.3) is 6.08 Å². The maximum Gasteiger partial charge on any atom is 0.174 e. The summed E-state index contributed by atoms with van der Waals surface area (Å²) < 4.78 is 10.2. The lowest BCUT2D eigenvalue weighted by molar-refractivity contribution is 0.360. The molecule has 0 radical (unpaired) electrons. The van der Waals surface area contributed by atoms with Gasteiger partial charge in [0.25, 0.3) is 0 Å². The minimum atomic E-state index is 0.0218. The van der Waals surface area contributed by atoms with Crippen LogP contribution in [0, 0.1) is 11.3 Å². The fourth-order valence-corrected chi connectivity index (χ4v) is 1.05. The van der Waals surface area contributed by atoms with Gasteiger partial charge in [0.05, 0.1) is 7.11 Å². The first-order valence-electron chi connectivity index (χ1n) is 4.12. The smallest absolute Gasteiger partial charge is 0.174 e. The van der Waals surface area contributed by atoms with E-state index in [1.807, 2.05) is 18.2 Å². The number of benzene rings is 1. The summed E-state index contributed by atoms with van der Waals surface area (Å²) in [7, 11) is 1.58. The van der Waals surface area contributed by atoms with Crippen LogP contribution < -0.4 is 9.47 Å². The lowest BCUT2D eigenvalue weighted by Crippen LogP contribution is -1.96. The van der Waals surface area contributed by atoms with Gasteiger partial charge < -0.3 is 9.47 Å². The SMILES string of the molecule is C=Cc1ccc(OC)cc1OCC#N. The van der Waals surface area contributed by atoms with Gasteiger partial charge in [-0.25, -0.2) is 0 Å². The largest absolute Gasteiger partial charge is 0.497 e. The molecule has 0 heterocycles. The second-order valence-electron chi connectivity index (χ2n) is 2.55. The Labute approximate surface area is 83.2 Å². The van der Waals surface area contributed by atoms with Crippen LogP contribution in [0.2, 0.25) is 0 Å². The topological polar surface area (TPSA) is 42.2 Å². The Hall–Kier alpha value is -1.95. The molecule has 0 amide bonds. The van der Waals surface area contributed by atoms with Crippen molar-refractivity contribution in [3.8, 4) is 17.6 Å². The summed E-state index contributed by atoms with van der Waals surface area (Å²) in [6.07, 6.45) is 1.67. The Morgan fingerprint density at radius 3 is 2.93 bits per heavy atom. The van der Waals surface area contributed by atoms with E-state index in [0.29, 0.717) is 11.5 Å². The number of nitrogens with zero attached hydrogens (tertiary/aromatic N) is 1. The molecular weight excluding hydrogens is 178 g/mol. The summed E-state index contributed by atoms with van der Waals surface area (Å²) >= 11 is 0. The van der Waals surface area contributed by atoms with E-state index < -0.39 is 0 Å². The molecule has 0 saturated heterocycles. The van der Waals surface area contributed by atoms with E-state index in [1.165, 1.54) is 0 Å². The second-order valence-corrected chi connectivity index (χ2v) is 2.55. The predicted molar refractivity (Wildman–Crippen MR) is 54.2 cm³/mol. The standard InChI is InChI=1S/C11H11NO2/c1-3-9-4-5-10(13-2)8-11(9)14-7-6-12/h3-5,8H,1,7H2,2H3. The Kier molecular flexibility index (Phi) is 3.57. The molecule has 0 saturated carbocycles. The molecule has 0 aromatic heterocycles. The number of hydrogen-bond acceptors (Lipinski definition) is 3. The highest BCUT2D eigenvalue weighted by Gasteiger charge is 2.02. The van der Waals surface area contributed by atoms with E-state index in [9.17, 15) is 0 Å². The zero-order chi connectivity index (χ0) is 10.4. The molecule has 72 valence electrons. The van der Waals surface area contributed by atoms with E-state index in [0.717, 1.165) is 5.56 Å². The van der Waals surface area contributed by atoms with Gasteiger partial charge in [0, 0.05) is 11.6 Å². The second kappa shape index (κ2) is 4.93. The molecule has 0 fully saturated rings. The number of ether oxygens (including phenoxy) is 2. The molecule has 0 unspecified atom stereocenters. The van der Waals surface area contributed by atoms with Gasteiger partial charge in [-0.05, 0) is 12.1 Å². The molecule has 1 aromatic rings. The fourth-order valence-electron chi connectivity index (χ4n) is 1.05. The van der Waals surface area contributed by atoms with E-state index >= 15 is 0 Å². The average molecular weight is 189 g/mol. The average Bonchev–Trinajstić information content (AvgIpc) is 2.25. The quantitative estimate of drug-likeness (QED) is 0.729. The first kappa shape index (κ1) is 10.1. The van der Waals surface area contributed by atoms with Crippen molar-refractivity contribution in [2.45, 2.75) is 0 Å². The van der Waals surface area contributed by atoms with Crippen LogP contribution in [-0.4, -0.2) is 13.7 Å². The fraction of sp³-hybridized carbons (Fsp3) is 0.182. The lowest BCUT2D eigenvalue weighted by atomic mass is 10.2. The Balaban J connectivity index is 2.97. The summed E-state index contributed by atoms with van der Waals surface area (Å²) in [5.41, 5.74) is 0.848. The lowest BCUT2D eigenvalue weighted by Gasteiger charge is -2.07. The van der Waals surface area contributed by atoms with Gasteiger partial charge >= 0.3 is 0 Å². The summed E-state index contributed by atoms with van der Waals surface area (Å²) in [6, 6.07) is 7.29. The molecule has 0 bridgehead atoms. The molecule has 0 atom stereocenters. The van der Waals surface area contributed by atoms with Crippen molar-refractivity contribution in [2.24, 2.45) is 0 Å². The van der Waals surface area contributed by atoms with Crippen molar-refractivity contribution >= 4 is 6.08 Å². The van der Waals surface area contributed by atoms with Crippen molar-refractivity contribution in [1.29, 1.82) is 5.26 Å². The van der Waals surface area contributed by atoms with Crippen molar-refractivity contribution in [3.63, 3.8) is 0 Å². The van der Waals surface area contributed by atoms with Gasteiger partial charge in [-0.2, -0.15) is 5.26 Å². The van der Waals surface area contributed by atoms with Gasteiger partial charge in [0.1, 0.15) is 17.6 Å². The van der Waals surface area contributed by atoms with E-state index in [1.54, 1.807) is 19.3 Å². The number of nitriles is 1. The molecule has 0 aliphatic carbocycles. The minimum Gasteiger partial charge on any atom is -0.497 e. The van der Waals surface area contributed by atoms with Crippen LogP contribution in [0.1, 0.15) is 5.56 Å². The number of methoxy groups -OCH3 is 1. The highest BCUT2D eigenvalue weighted by Crippen LogP contribution is 2.25. The summed E-state index contributed by atoms with van der Waals surface area (Å²) in [5, 5.41) is 8.39. The Morgan fingerprint density at radius 2 is 2.36 bits per heavy atom. The number of hydrogen-bond donors (Lipinski definition) is 0. The highest BCUT2D eigenvalue weighted by atomic mass is 16.5. The van der Waals surface area contributed by atoms with Gasteiger partial charge in [0.2, 0.25) is 0 Å². The van der Waals surface area contributed by atoms with Gasteiger partial charge in [-0.15, -0.1) is 0 Å². The zero-order valence-corrected chi connectivity index (χ0v) is 7.99. The van der Waals surface area contributed by atoms with Crippen molar-refractivity contribution in [2.75, 3.05) is 13.7 Å². The molecule has 0 aliphatic rings. The van der Waals surface area contributed by atoms with Crippen LogP contribution in [0.5, 0.6) is 11.5 Å². The van der Waals surface area contributed by atoms with Crippen LogP contribution in [0.15, 0.2) is 24.8 Å². The van der Waals surface area contributed by atoms with Crippen molar-refractivity contribution in [1.82, 2.24) is 0 Å².